The van der Waals surface area contributed by atoms with Crippen LogP contribution in [0, 0.1) is 0 Å². The quantitative estimate of drug-likeness (QED) is 0.857. The van der Waals surface area contributed by atoms with E-state index in [0.29, 0.717) is 31.3 Å². The molecule has 1 saturated heterocycles. The van der Waals surface area contributed by atoms with Crippen LogP contribution in [0.15, 0.2) is 12.1 Å². The molecule has 7 heteroatoms. The normalized spacial score (nSPS) is 19.6. The standard InChI is InChI=1S/C13H19ClN4O2/c1-15-12-4-3-9(14)10(17-12)7-18-5-6-20-8-11(18)13(19)16-2/h3-4,11H,5-8H2,1-2H3,(H,15,17)(H,16,19). The van der Waals surface area contributed by atoms with Crippen molar-refractivity contribution in [1.29, 1.82) is 0 Å². The zero-order valence-electron chi connectivity index (χ0n) is 11.6. The molecule has 110 valence electrons. The molecule has 1 amide bonds. The number of nitrogens with one attached hydrogen (secondary N) is 2. The zero-order valence-corrected chi connectivity index (χ0v) is 12.4. The Hall–Kier alpha value is -1.37. The number of amides is 1. The Balaban J connectivity index is 2.16. The van der Waals surface area contributed by atoms with Crippen molar-refractivity contribution >= 4 is 23.3 Å². The first-order valence-corrected chi connectivity index (χ1v) is 6.90. The van der Waals surface area contributed by atoms with E-state index in [1.165, 1.54) is 0 Å². The number of pyridine rings is 1. The number of nitrogens with zero attached hydrogens (tertiary/aromatic N) is 2. The van der Waals surface area contributed by atoms with Gasteiger partial charge in [0.15, 0.2) is 0 Å². The lowest BCUT2D eigenvalue weighted by Crippen LogP contribution is -2.52. The highest BCUT2D eigenvalue weighted by Crippen LogP contribution is 2.20. The molecule has 1 aliphatic rings. The van der Waals surface area contributed by atoms with E-state index in [0.717, 1.165) is 11.5 Å². The summed E-state index contributed by atoms with van der Waals surface area (Å²) >= 11 is 6.18. The van der Waals surface area contributed by atoms with E-state index in [2.05, 4.69) is 15.6 Å². The Kier molecular flexibility index (Phi) is 5.17. The molecule has 2 rings (SSSR count). The molecule has 1 atom stereocenters. The molecule has 1 unspecified atom stereocenters. The Morgan fingerprint density at radius 1 is 1.55 bits per heavy atom. The summed E-state index contributed by atoms with van der Waals surface area (Å²) in [5.41, 5.74) is 0.759. The van der Waals surface area contributed by atoms with Crippen molar-refractivity contribution < 1.29 is 9.53 Å². The minimum absolute atomic E-state index is 0.0504. The molecule has 2 heterocycles. The molecule has 6 nitrogen and oxygen atoms in total. The third-order valence-electron chi connectivity index (χ3n) is 3.32. The molecule has 0 aliphatic carbocycles. The summed E-state index contributed by atoms with van der Waals surface area (Å²) in [5.74, 6) is 0.708. The summed E-state index contributed by atoms with van der Waals surface area (Å²) in [6.07, 6.45) is 0. The average molecular weight is 299 g/mol. The highest BCUT2D eigenvalue weighted by molar-refractivity contribution is 6.31. The van der Waals surface area contributed by atoms with Gasteiger partial charge in [-0.1, -0.05) is 11.6 Å². The lowest BCUT2D eigenvalue weighted by molar-refractivity contribution is -0.132. The van der Waals surface area contributed by atoms with Gasteiger partial charge < -0.3 is 15.4 Å². The second-order valence-corrected chi connectivity index (χ2v) is 4.96. The number of halogens is 1. The Morgan fingerprint density at radius 3 is 3.05 bits per heavy atom. The molecule has 0 aromatic carbocycles. The second-order valence-electron chi connectivity index (χ2n) is 4.55. The fraction of sp³-hybridized carbons (Fsp3) is 0.538. The van der Waals surface area contributed by atoms with E-state index in [-0.39, 0.29) is 11.9 Å². The van der Waals surface area contributed by atoms with Gasteiger partial charge in [0, 0.05) is 27.2 Å². The van der Waals surface area contributed by atoms with E-state index in [1.54, 1.807) is 7.05 Å². The van der Waals surface area contributed by atoms with E-state index >= 15 is 0 Å². The molecule has 0 spiro atoms. The van der Waals surface area contributed by atoms with Crippen LogP contribution >= 0.6 is 11.6 Å². The molecule has 1 aromatic heterocycles. The van der Waals surface area contributed by atoms with Crippen molar-refractivity contribution in [3.05, 3.63) is 22.8 Å². The number of rotatable bonds is 4. The van der Waals surface area contributed by atoms with Gasteiger partial charge in [-0.3, -0.25) is 9.69 Å². The van der Waals surface area contributed by atoms with Crippen LogP contribution in [0.3, 0.4) is 0 Å². The predicted octanol–water partition coefficient (Wildman–Crippen LogP) is 0.723. The number of carbonyl (C=O) groups is 1. The van der Waals surface area contributed by atoms with Crippen LogP contribution in [-0.4, -0.2) is 55.7 Å². The average Bonchev–Trinajstić information content (AvgIpc) is 2.49. The van der Waals surface area contributed by atoms with Gasteiger partial charge in [-0.05, 0) is 12.1 Å². The first kappa shape index (κ1) is 15.0. The molecule has 20 heavy (non-hydrogen) atoms. The fourth-order valence-corrected chi connectivity index (χ4v) is 2.33. The lowest BCUT2D eigenvalue weighted by Gasteiger charge is -2.34. The number of carbonyl (C=O) groups excluding carboxylic acids is 1. The van der Waals surface area contributed by atoms with Gasteiger partial charge in [0.1, 0.15) is 11.9 Å². The van der Waals surface area contributed by atoms with Crippen molar-refractivity contribution in [2.45, 2.75) is 12.6 Å². The van der Waals surface area contributed by atoms with Crippen molar-refractivity contribution in [3.8, 4) is 0 Å². The summed E-state index contributed by atoms with van der Waals surface area (Å²) in [6, 6.07) is 3.33. The van der Waals surface area contributed by atoms with E-state index in [9.17, 15) is 4.79 Å². The van der Waals surface area contributed by atoms with Gasteiger partial charge in [0.05, 0.1) is 23.9 Å². The van der Waals surface area contributed by atoms with Crippen LogP contribution in [0.2, 0.25) is 5.02 Å². The number of morpholine rings is 1. The molecule has 0 bridgehead atoms. The maximum absolute atomic E-state index is 11.9. The molecule has 1 aromatic rings. The molecular formula is C13H19ClN4O2. The minimum Gasteiger partial charge on any atom is -0.378 e. The summed E-state index contributed by atoms with van der Waals surface area (Å²) in [4.78, 5) is 18.4. The third kappa shape index (κ3) is 3.39. The highest BCUT2D eigenvalue weighted by Gasteiger charge is 2.29. The first-order valence-electron chi connectivity index (χ1n) is 6.52. The van der Waals surface area contributed by atoms with Crippen LogP contribution < -0.4 is 10.6 Å². The number of hydrogen-bond acceptors (Lipinski definition) is 5. The van der Waals surface area contributed by atoms with Crippen LogP contribution in [0.4, 0.5) is 5.82 Å². The number of likely N-dealkylation sites (N-methyl/N-ethyl adjacent to an activating group) is 1. The predicted molar refractivity (Wildman–Crippen MR) is 77.9 cm³/mol. The molecule has 0 radical (unpaired) electrons. The van der Waals surface area contributed by atoms with Gasteiger partial charge in [-0.15, -0.1) is 0 Å². The number of aromatic nitrogens is 1. The molecule has 1 aliphatic heterocycles. The zero-order chi connectivity index (χ0) is 14.5. The van der Waals surface area contributed by atoms with Crippen molar-refractivity contribution in [3.63, 3.8) is 0 Å². The van der Waals surface area contributed by atoms with E-state index in [1.807, 2.05) is 24.1 Å². The maximum Gasteiger partial charge on any atom is 0.239 e. The first-order chi connectivity index (χ1) is 9.65. The van der Waals surface area contributed by atoms with Crippen LogP contribution in [-0.2, 0) is 16.1 Å². The van der Waals surface area contributed by atoms with Crippen LogP contribution in [0.1, 0.15) is 5.69 Å². The van der Waals surface area contributed by atoms with Gasteiger partial charge in [0.2, 0.25) is 5.91 Å². The summed E-state index contributed by atoms with van der Waals surface area (Å²) in [6.45, 7) is 2.20. The van der Waals surface area contributed by atoms with E-state index in [4.69, 9.17) is 16.3 Å². The largest absolute Gasteiger partial charge is 0.378 e. The summed E-state index contributed by atoms with van der Waals surface area (Å²) in [7, 11) is 3.43. The summed E-state index contributed by atoms with van der Waals surface area (Å²) in [5, 5.41) is 6.25. The second kappa shape index (κ2) is 6.88. The smallest absolute Gasteiger partial charge is 0.239 e. The SMILES string of the molecule is CNC(=O)C1COCCN1Cc1nc(NC)ccc1Cl. The van der Waals surface area contributed by atoms with Crippen LogP contribution in [0.25, 0.3) is 0 Å². The number of hydrogen-bond donors (Lipinski definition) is 2. The monoisotopic (exact) mass is 298 g/mol. The Bertz CT molecular complexity index is 483. The van der Waals surface area contributed by atoms with Crippen LogP contribution in [0.5, 0.6) is 0 Å². The topological polar surface area (TPSA) is 66.5 Å². The Labute approximate surface area is 123 Å². The fourth-order valence-electron chi connectivity index (χ4n) is 2.16. The van der Waals surface area contributed by atoms with Crippen molar-refractivity contribution in [1.82, 2.24) is 15.2 Å². The number of anilines is 1. The van der Waals surface area contributed by atoms with E-state index < -0.39 is 0 Å². The lowest BCUT2D eigenvalue weighted by atomic mass is 10.2. The molecule has 1 fully saturated rings. The molecule has 2 N–H and O–H groups in total. The number of ether oxygens (including phenoxy) is 1. The summed E-state index contributed by atoms with van der Waals surface area (Å²) < 4.78 is 5.38. The third-order valence-corrected chi connectivity index (χ3v) is 3.66. The van der Waals surface area contributed by atoms with Crippen molar-refractivity contribution in [2.24, 2.45) is 0 Å². The minimum atomic E-state index is -0.301. The highest BCUT2D eigenvalue weighted by atomic mass is 35.5. The van der Waals surface area contributed by atoms with Crippen molar-refractivity contribution in [2.75, 3.05) is 39.2 Å². The van der Waals surface area contributed by atoms with Gasteiger partial charge in [-0.2, -0.15) is 0 Å². The maximum atomic E-state index is 11.9. The molecular weight excluding hydrogens is 280 g/mol. The molecule has 0 saturated carbocycles. The Morgan fingerprint density at radius 2 is 2.35 bits per heavy atom. The van der Waals surface area contributed by atoms with Gasteiger partial charge in [0.25, 0.3) is 0 Å². The van der Waals surface area contributed by atoms with Gasteiger partial charge in [-0.25, -0.2) is 4.98 Å². The van der Waals surface area contributed by atoms with Gasteiger partial charge >= 0.3 is 0 Å².